The first kappa shape index (κ1) is 18.2. The van der Waals surface area contributed by atoms with E-state index in [2.05, 4.69) is 15.9 Å². The summed E-state index contributed by atoms with van der Waals surface area (Å²) in [5, 5.41) is 0.955. The van der Waals surface area contributed by atoms with E-state index in [1.807, 2.05) is 0 Å². The number of halogens is 6. The normalized spacial score (nSPS) is 11.0. The van der Waals surface area contributed by atoms with Crippen LogP contribution in [0.3, 0.4) is 0 Å². The molecule has 21 heavy (non-hydrogen) atoms. The molecular weight excluding hydrogens is 359 g/mol. The van der Waals surface area contributed by atoms with Gasteiger partial charge in [0.2, 0.25) is 29.1 Å². The van der Waals surface area contributed by atoms with Gasteiger partial charge in [0, 0.05) is 5.33 Å². The van der Waals surface area contributed by atoms with Crippen molar-refractivity contribution in [3.8, 4) is 5.75 Å². The van der Waals surface area contributed by atoms with Crippen LogP contribution in [-0.4, -0.2) is 11.9 Å². The number of alkyl halides is 1. The molecule has 1 nitrogen and oxygen atoms in total. The molecule has 0 N–H and O–H groups in total. The van der Waals surface area contributed by atoms with Crippen LogP contribution in [0.1, 0.15) is 38.5 Å². The first-order chi connectivity index (χ1) is 10.0. The Bertz CT molecular complexity index is 438. The molecule has 1 aromatic rings. The van der Waals surface area contributed by atoms with Gasteiger partial charge in [0.1, 0.15) is 0 Å². The molecule has 0 heterocycles. The fourth-order valence-electron chi connectivity index (χ4n) is 1.79. The smallest absolute Gasteiger partial charge is 0.206 e. The van der Waals surface area contributed by atoms with Crippen molar-refractivity contribution in [1.82, 2.24) is 0 Å². The van der Waals surface area contributed by atoms with Crippen LogP contribution in [0.2, 0.25) is 0 Å². The highest BCUT2D eigenvalue weighted by Gasteiger charge is 2.26. The number of hydrogen-bond donors (Lipinski definition) is 0. The maximum atomic E-state index is 13.3. The predicted octanol–water partition coefficient (Wildman–Crippen LogP) is 5.50. The molecule has 0 aliphatic carbocycles. The van der Waals surface area contributed by atoms with Gasteiger partial charge in [0.15, 0.2) is 5.75 Å². The summed E-state index contributed by atoms with van der Waals surface area (Å²) in [7, 11) is 0. The van der Waals surface area contributed by atoms with E-state index in [1.165, 1.54) is 0 Å². The third-order valence-electron chi connectivity index (χ3n) is 2.94. The minimum atomic E-state index is -2.18. The second-order valence-electron chi connectivity index (χ2n) is 4.56. The van der Waals surface area contributed by atoms with Crippen LogP contribution >= 0.6 is 15.9 Å². The zero-order valence-corrected chi connectivity index (χ0v) is 12.9. The van der Waals surface area contributed by atoms with Gasteiger partial charge in [-0.25, -0.2) is 13.2 Å². The van der Waals surface area contributed by atoms with Crippen molar-refractivity contribution in [2.75, 3.05) is 11.9 Å². The lowest BCUT2D eigenvalue weighted by atomic mass is 10.1. The van der Waals surface area contributed by atoms with Crippen molar-refractivity contribution in [3.05, 3.63) is 29.1 Å². The first-order valence-corrected chi connectivity index (χ1v) is 7.83. The van der Waals surface area contributed by atoms with Gasteiger partial charge in [-0.15, -0.1) is 0 Å². The Labute approximate surface area is 128 Å². The number of benzene rings is 1. The van der Waals surface area contributed by atoms with Gasteiger partial charge in [-0.1, -0.05) is 41.6 Å². The van der Waals surface area contributed by atoms with Crippen LogP contribution in [0.5, 0.6) is 5.75 Å². The van der Waals surface area contributed by atoms with Gasteiger partial charge in [0.25, 0.3) is 0 Å². The minimum Gasteiger partial charge on any atom is -0.487 e. The van der Waals surface area contributed by atoms with Crippen LogP contribution in [0, 0.1) is 29.1 Å². The van der Waals surface area contributed by atoms with E-state index in [4.69, 9.17) is 4.74 Å². The summed E-state index contributed by atoms with van der Waals surface area (Å²) in [5.74, 6) is -11.2. The topological polar surface area (TPSA) is 9.23 Å². The molecule has 0 unspecified atom stereocenters. The Morgan fingerprint density at radius 2 is 1.05 bits per heavy atom. The van der Waals surface area contributed by atoms with E-state index < -0.39 is 34.8 Å². The summed E-state index contributed by atoms with van der Waals surface area (Å²) in [6.45, 7) is -0.0865. The number of hydrogen-bond acceptors (Lipinski definition) is 1. The van der Waals surface area contributed by atoms with Crippen molar-refractivity contribution in [2.24, 2.45) is 0 Å². The molecule has 0 aromatic heterocycles. The molecule has 0 amide bonds. The van der Waals surface area contributed by atoms with Gasteiger partial charge in [-0.05, 0) is 12.8 Å². The Morgan fingerprint density at radius 1 is 0.619 bits per heavy atom. The van der Waals surface area contributed by atoms with E-state index in [-0.39, 0.29) is 6.61 Å². The fourth-order valence-corrected chi connectivity index (χ4v) is 2.19. The van der Waals surface area contributed by atoms with Gasteiger partial charge in [0.05, 0.1) is 6.61 Å². The highest BCUT2D eigenvalue weighted by atomic mass is 79.9. The SMILES string of the molecule is Fc1c(F)c(F)c(OCCCCCCCCBr)c(F)c1F. The van der Waals surface area contributed by atoms with Crippen LogP contribution in [0.25, 0.3) is 0 Å². The van der Waals surface area contributed by atoms with E-state index in [9.17, 15) is 22.0 Å². The Kier molecular flexibility index (Phi) is 8.00. The summed E-state index contributed by atoms with van der Waals surface area (Å²) in [4.78, 5) is 0. The molecular formula is C14H16BrF5O. The second kappa shape index (κ2) is 9.23. The Morgan fingerprint density at radius 3 is 1.57 bits per heavy atom. The average Bonchev–Trinajstić information content (AvgIpc) is 2.49. The zero-order chi connectivity index (χ0) is 15.8. The summed E-state index contributed by atoms with van der Waals surface area (Å²) in [5.41, 5.74) is 0. The number of rotatable bonds is 9. The zero-order valence-electron chi connectivity index (χ0n) is 11.3. The van der Waals surface area contributed by atoms with Crippen molar-refractivity contribution in [2.45, 2.75) is 38.5 Å². The molecule has 0 spiro atoms. The third-order valence-corrected chi connectivity index (χ3v) is 3.50. The lowest BCUT2D eigenvalue weighted by molar-refractivity contribution is 0.255. The highest BCUT2D eigenvalue weighted by molar-refractivity contribution is 9.09. The molecule has 0 aliphatic rings. The van der Waals surface area contributed by atoms with Gasteiger partial charge in [-0.3, -0.25) is 0 Å². The highest BCUT2D eigenvalue weighted by Crippen LogP contribution is 2.29. The standard InChI is InChI=1S/C14H16BrF5O/c15-7-5-3-1-2-4-6-8-21-14-12(19)10(17)9(16)11(18)13(14)20/h1-8H2. The molecule has 1 rings (SSSR count). The van der Waals surface area contributed by atoms with Crippen LogP contribution in [0.4, 0.5) is 22.0 Å². The van der Waals surface area contributed by atoms with Gasteiger partial charge < -0.3 is 4.74 Å². The lowest BCUT2D eigenvalue weighted by Gasteiger charge is -2.10. The predicted molar refractivity (Wildman–Crippen MR) is 73.2 cm³/mol. The Balaban J connectivity index is 2.43. The summed E-state index contributed by atoms with van der Waals surface area (Å²) in [6.07, 6.45) is 5.41. The lowest BCUT2D eigenvalue weighted by Crippen LogP contribution is -2.08. The average molecular weight is 375 g/mol. The molecule has 0 aliphatic heterocycles. The molecule has 0 bridgehead atoms. The first-order valence-electron chi connectivity index (χ1n) is 6.70. The molecule has 1 aromatic carbocycles. The van der Waals surface area contributed by atoms with Crippen LogP contribution in [-0.2, 0) is 0 Å². The molecule has 0 radical (unpaired) electrons. The second-order valence-corrected chi connectivity index (χ2v) is 5.35. The summed E-state index contributed by atoms with van der Waals surface area (Å²) >= 11 is 3.32. The molecule has 0 saturated carbocycles. The van der Waals surface area contributed by atoms with E-state index in [0.717, 1.165) is 37.4 Å². The molecule has 0 fully saturated rings. The van der Waals surface area contributed by atoms with E-state index >= 15 is 0 Å². The van der Waals surface area contributed by atoms with Crippen molar-refractivity contribution < 1.29 is 26.7 Å². The maximum absolute atomic E-state index is 13.3. The Hall–Kier alpha value is -0.850. The maximum Gasteiger partial charge on any atom is 0.206 e. The van der Waals surface area contributed by atoms with E-state index in [0.29, 0.717) is 6.42 Å². The molecule has 0 saturated heterocycles. The van der Waals surface area contributed by atoms with Crippen LogP contribution in [0.15, 0.2) is 0 Å². The monoisotopic (exact) mass is 374 g/mol. The van der Waals surface area contributed by atoms with Crippen LogP contribution < -0.4 is 4.74 Å². The largest absolute Gasteiger partial charge is 0.487 e. The molecule has 0 atom stereocenters. The number of unbranched alkanes of at least 4 members (excludes halogenated alkanes) is 5. The van der Waals surface area contributed by atoms with Crippen molar-refractivity contribution >= 4 is 15.9 Å². The number of ether oxygens (including phenoxy) is 1. The summed E-state index contributed by atoms with van der Waals surface area (Å²) in [6, 6.07) is 0. The quantitative estimate of drug-likeness (QED) is 0.182. The van der Waals surface area contributed by atoms with Crippen molar-refractivity contribution in [3.63, 3.8) is 0 Å². The summed E-state index contributed by atoms with van der Waals surface area (Å²) < 4.78 is 69.9. The van der Waals surface area contributed by atoms with Crippen molar-refractivity contribution in [1.29, 1.82) is 0 Å². The molecule has 7 heteroatoms. The van der Waals surface area contributed by atoms with Gasteiger partial charge in [-0.2, -0.15) is 8.78 Å². The van der Waals surface area contributed by atoms with Gasteiger partial charge >= 0.3 is 0 Å². The molecule has 120 valence electrons. The third kappa shape index (κ3) is 5.13. The minimum absolute atomic E-state index is 0.0865. The van der Waals surface area contributed by atoms with E-state index in [1.54, 1.807) is 0 Å². The fraction of sp³-hybridized carbons (Fsp3) is 0.571.